The minimum absolute atomic E-state index is 0.0628. The fraction of sp³-hybridized carbons (Fsp3) is 0.333. The van der Waals surface area contributed by atoms with Crippen molar-refractivity contribution in [3.63, 3.8) is 0 Å². The highest BCUT2D eigenvalue weighted by Gasteiger charge is 1.99. The molecule has 6 nitrogen and oxygen atoms in total. The van der Waals surface area contributed by atoms with Gasteiger partial charge in [0.1, 0.15) is 0 Å². The summed E-state index contributed by atoms with van der Waals surface area (Å²) in [4.78, 5) is 19.8. The first-order chi connectivity index (χ1) is 8.43. The van der Waals surface area contributed by atoms with Crippen molar-refractivity contribution in [2.45, 2.75) is 25.7 Å². The lowest BCUT2D eigenvalue weighted by Crippen LogP contribution is -1.97. The van der Waals surface area contributed by atoms with E-state index in [4.69, 9.17) is 20.4 Å². The fourth-order valence-electron chi connectivity index (χ4n) is 1.02. The topological polar surface area (TPSA) is 115 Å². The Morgan fingerprint density at radius 3 is 1.39 bits per heavy atom. The van der Waals surface area contributed by atoms with Crippen molar-refractivity contribution in [2.75, 3.05) is 0 Å². The van der Waals surface area contributed by atoms with E-state index in [9.17, 15) is 9.59 Å². The van der Waals surface area contributed by atoms with Crippen molar-refractivity contribution in [3.05, 3.63) is 24.3 Å². The summed E-state index contributed by atoms with van der Waals surface area (Å²) in [6.07, 6.45) is 1.02. The molecule has 0 saturated carbocycles. The number of carboxylic acid groups (broad SMARTS) is 2. The second-order valence-electron chi connectivity index (χ2n) is 3.48. The van der Waals surface area contributed by atoms with Gasteiger partial charge in [-0.3, -0.25) is 9.59 Å². The van der Waals surface area contributed by atoms with Crippen LogP contribution in [0.5, 0.6) is 11.5 Å². The van der Waals surface area contributed by atoms with Crippen LogP contribution in [-0.4, -0.2) is 32.4 Å². The summed E-state index contributed by atoms with van der Waals surface area (Å²) in [7, 11) is 0. The molecule has 0 aliphatic carbocycles. The Morgan fingerprint density at radius 2 is 1.17 bits per heavy atom. The number of aliphatic carboxylic acids is 2. The van der Waals surface area contributed by atoms with Gasteiger partial charge in [-0.05, 0) is 25.0 Å². The third-order valence-corrected chi connectivity index (χ3v) is 1.91. The minimum Gasteiger partial charge on any atom is -0.504 e. The molecule has 0 atom stereocenters. The first-order valence-corrected chi connectivity index (χ1v) is 5.34. The molecule has 100 valence electrons. The molecule has 0 bridgehead atoms. The molecular weight excluding hydrogens is 240 g/mol. The third kappa shape index (κ3) is 9.02. The zero-order chi connectivity index (χ0) is 14.0. The van der Waals surface area contributed by atoms with Crippen LogP contribution in [0.25, 0.3) is 0 Å². The molecule has 0 unspecified atom stereocenters. The minimum atomic E-state index is -0.870. The van der Waals surface area contributed by atoms with Gasteiger partial charge in [-0.15, -0.1) is 0 Å². The molecule has 0 spiro atoms. The molecule has 0 aliphatic rings. The van der Waals surface area contributed by atoms with Crippen molar-refractivity contribution < 1.29 is 30.0 Å². The summed E-state index contributed by atoms with van der Waals surface area (Å²) in [5.41, 5.74) is 0. The second kappa shape index (κ2) is 8.86. The lowest BCUT2D eigenvalue weighted by molar-refractivity contribution is -0.139. The second-order valence-corrected chi connectivity index (χ2v) is 3.48. The highest BCUT2D eigenvalue weighted by molar-refractivity contribution is 5.67. The zero-order valence-corrected chi connectivity index (χ0v) is 9.74. The van der Waals surface area contributed by atoms with Crippen molar-refractivity contribution in [1.82, 2.24) is 0 Å². The quantitative estimate of drug-likeness (QED) is 0.471. The van der Waals surface area contributed by atoms with E-state index in [1.807, 2.05) is 0 Å². The number of carboxylic acids is 2. The zero-order valence-electron chi connectivity index (χ0n) is 9.74. The molecule has 0 heterocycles. The van der Waals surface area contributed by atoms with Crippen molar-refractivity contribution in [1.29, 1.82) is 0 Å². The van der Waals surface area contributed by atoms with Crippen LogP contribution in [0.4, 0.5) is 0 Å². The largest absolute Gasteiger partial charge is 0.504 e. The number of hydrogen-bond acceptors (Lipinski definition) is 4. The Balaban J connectivity index is 0.000000327. The van der Waals surface area contributed by atoms with Crippen LogP contribution in [-0.2, 0) is 9.59 Å². The molecule has 4 N–H and O–H groups in total. The number of para-hydroxylation sites is 2. The van der Waals surface area contributed by atoms with Gasteiger partial charge in [0.05, 0.1) is 0 Å². The highest BCUT2D eigenvalue weighted by Crippen LogP contribution is 2.21. The van der Waals surface area contributed by atoms with E-state index in [0.717, 1.165) is 0 Å². The molecule has 0 radical (unpaired) electrons. The number of phenolic OH excluding ortho intramolecular Hbond substituents is 2. The van der Waals surface area contributed by atoms with Gasteiger partial charge in [0.2, 0.25) is 0 Å². The lowest BCUT2D eigenvalue weighted by Gasteiger charge is -1.92. The van der Waals surface area contributed by atoms with Gasteiger partial charge < -0.3 is 20.4 Å². The smallest absolute Gasteiger partial charge is 0.303 e. The van der Waals surface area contributed by atoms with E-state index >= 15 is 0 Å². The van der Waals surface area contributed by atoms with Crippen LogP contribution < -0.4 is 0 Å². The number of benzene rings is 1. The number of unbranched alkanes of at least 4 members (excludes halogenated alkanes) is 1. The maximum absolute atomic E-state index is 9.90. The Labute approximate surface area is 104 Å². The van der Waals surface area contributed by atoms with Crippen LogP contribution in [0.2, 0.25) is 0 Å². The molecule has 1 rings (SSSR count). The van der Waals surface area contributed by atoms with E-state index < -0.39 is 11.9 Å². The number of hydrogen-bond donors (Lipinski definition) is 4. The average Bonchev–Trinajstić information content (AvgIpc) is 2.29. The third-order valence-electron chi connectivity index (χ3n) is 1.91. The van der Waals surface area contributed by atoms with E-state index in [-0.39, 0.29) is 24.3 Å². The summed E-state index contributed by atoms with van der Waals surface area (Å²) < 4.78 is 0. The predicted octanol–water partition coefficient (Wildman–Crippen LogP) is 1.81. The molecule has 18 heavy (non-hydrogen) atoms. The summed E-state index contributed by atoms with van der Waals surface area (Å²) in [6, 6.07) is 6.15. The Hall–Kier alpha value is -2.24. The van der Waals surface area contributed by atoms with E-state index in [2.05, 4.69) is 0 Å². The fourth-order valence-corrected chi connectivity index (χ4v) is 1.02. The summed E-state index contributed by atoms with van der Waals surface area (Å²) in [6.45, 7) is 0. The molecule has 0 amide bonds. The Kier molecular flexibility index (Phi) is 7.76. The molecule has 0 saturated heterocycles. The van der Waals surface area contributed by atoms with E-state index in [1.54, 1.807) is 12.1 Å². The standard InChI is InChI=1S/C6H10O4.C6H6O2/c7-5(8)3-1-2-4-6(9)10;7-5-3-1-2-4-6(5)8/h1-4H2,(H,7,8)(H,9,10);1-4,7-8H. The van der Waals surface area contributed by atoms with Crippen LogP contribution in [0, 0.1) is 0 Å². The van der Waals surface area contributed by atoms with E-state index in [1.165, 1.54) is 12.1 Å². The molecule has 6 heteroatoms. The van der Waals surface area contributed by atoms with Gasteiger partial charge in [-0.25, -0.2) is 0 Å². The maximum atomic E-state index is 9.90. The van der Waals surface area contributed by atoms with E-state index in [0.29, 0.717) is 12.8 Å². The molecule has 0 aliphatic heterocycles. The van der Waals surface area contributed by atoms with Crippen LogP contribution in [0.1, 0.15) is 25.7 Å². The molecule has 1 aromatic rings. The number of carbonyl (C=O) groups is 2. The number of phenols is 2. The van der Waals surface area contributed by atoms with Gasteiger partial charge in [0, 0.05) is 12.8 Å². The molecule has 0 fully saturated rings. The van der Waals surface area contributed by atoms with Crippen molar-refractivity contribution in [2.24, 2.45) is 0 Å². The molecule has 1 aromatic carbocycles. The summed E-state index contributed by atoms with van der Waals surface area (Å²) in [5.74, 6) is -1.89. The SMILES string of the molecule is O=C(O)CCCCC(=O)O.Oc1ccccc1O. The monoisotopic (exact) mass is 256 g/mol. The average molecular weight is 256 g/mol. The van der Waals surface area contributed by atoms with Gasteiger partial charge in [0.15, 0.2) is 11.5 Å². The Bertz CT molecular complexity index is 351. The lowest BCUT2D eigenvalue weighted by atomic mass is 10.2. The van der Waals surface area contributed by atoms with Crippen molar-refractivity contribution in [3.8, 4) is 11.5 Å². The molecule has 0 aromatic heterocycles. The Morgan fingerprint density at radius 1 is 0.833 bits per heavy atom. The summed E-state index contributed by atoms with van der Waals surface area (Å²) in [5, 5.41) is 33.6. The highest BCUT2D eigenvalue weighted by atomic mass is 16.4. The normalized spacial score (nSPS) is 9.11. The number of rotatable bonds is 5. The van der Waals surface area contributed by atoms with Gasteiger partial charge in [0.25, 0.3) is 0 Å². The van der Waals surface area contributed by atoms with Gasteiger partial charge in [-0.1, -0.05) is 12.1 Å². The predicted molar refractivity (Wildman–Crippen MR) is 63.5 cm³/mol. The van der Waals surface area contributed by atoms with Gasteiger partial charge in [-0.2, -0.15) is 0 Å². The molecular formula is C12H16O6. The number of aromatic hydroxyl groups is 2. The van der Waals surface area contributed by atoms with Crippen molar-refractivity contribution >= 4 is 11.9 Å². The summed E-state index contributed by atoms with van der Waals surface area (Å²) >= 11 is 0. The van der Waals surface area contributed by atoms with Crippen LogP contribution >= 0.6 is 0 Å². The first-order valence-electron chi connectivity index (χ1n) is 5.34. The van der Waals surface area contributed by atoms with Gasteiger partial charge >= 0.3 is 11.9 Å². The first kappa shape index (κ1) is 15.8. The van der Waals surface area contributed by atoms with Crippen LogP contribution in [0.15, 0.2) is 24.3 Å². The maximum Gasteiger partial charge on any atom is 0.303 e. The van der Waals surface area contributed by atoms with Crippen LogP contribution in [0.3, 0.4) is 0 Å².